The summed E-state index contributed by atoms with van der Waals surface area (Å²) in [5.41, 5.74) is 2.44. The summed E-state index contributed by atoms with van der Waals surface area (Å²) in [6.45, 7) is 2.06. The first-order chi connectivity index (χ1) is 12.9. The number of hydrogen-bond acceptors (Lipinski definition) is 5. The zero-order valence-electron chi connectivity index (χ0n) is 15.4. The van der Waals surface area contributed by atoms with Gasteiger partial charge in [-0.2, -0.15) is 13.2 Å². The van der Waals surface area contributed by atoms with Gasteiger partial charge in [0.2, 0.25) is 0 Å². The average Bonchev–Trinajstić information content (AvgIpc) is 3.22. The first-order valence-corrected chi connectivity index (χ1v) is 8.83. The topological polar surface area (TPSA) is 47.7 Å². The molecule has 1 aliphatic rings. The van der Waals surface area contributed by atoms with Crippen LogP contribution < -0.4 is 4.74 Å². The molecule has 2 heterocycles. The van der Waals surface area contributed by atoms with E-state index in [0.29, 0.717) is 17.9 Å². The predicted molar refractivity (Wildman–Crippen MR) is 92.3 cm³/mol. The number of alkyl halides is 3. The van der Waals surface area contributed by atoms with E-state index in [-0.39, 0.29) is 12.6 Å². The van der Waals surface area contributed by atoms with Gasteiger partial charge >= 0.3 is 6.18 Å². The molecular weight excluding hydrogens is 361 g/mol. The maximum Gasteiger partial charge on any atom is 0.411 e. The summed E-state index contributed by atoms with van der Waals surface area (Å²) in [6, 6.07) is 7.65. The quantitative estimate of drug-likeness (QED) is 0.708. The average molecular weight is 384 g/mol. The normalized spacial score (nSPS) is 18.2. The minimum absolute atomic E-state index is 0.152. The molecule has 3 rings (SSSR count). The molecule has 0 saturated carbocycles. The standard InChI is InChI=1S/C19H23F3N2O3/c1-13-8-18(27-23-13)16-4-3-7-24(16)10-14-5-6-17(25-2)15(9-14)11-26-12-19(20,21)22/h5-6,8-9,16H,3-4,7,10-12H2,1-2H3. The fraction of sp³-hybridized carbons (Fsp3) is 0.526. The number of likely N-dealkylation sites (tertiary alicyclic amines) is 1. The Balaban J connectivity index is 1.69. The lowest BCUT2D eigenvalue weighted by Gasteiger charge is -2.23. The maximum atomic E-state index is 12.3. The number of benzene rings is 1. The Bertz CT molecular complexity index is 761. The first-order valence-electron chi connectivity index (χ1n) is 8.83. The highest BCUT2D eigenvalue weighted by Gasteiger charge is 2.29. The molecule has 148 valence electrons. The lowest BCUT2D eigenvalue weighted by molar-refractivity contribution is -0.176. The van der Waals surface area contributed by atoms with Crippen molar-refractivity contribution in [3.63, 3.8) is 0 Å². The first kappa shape index (κ1) is 19.7. The van der Waals surface area contributed by atoms with E-state index in [2.05, 4.69) is 10.1 Å². The molecule has 1 saturated heterocycles. The Morgan fingerprint density at radius 2 is 2.11 bits per heavy atom. The molecule has 0 aliphatic carbocycles. The number of aryl methyl sites for hydroxylation is 1. The van der Waals surface area contributed by atoms with E-state index in [1.807, 2.05) is 25.1 Å². The van der Waals surface area contributed by atoms with Crippen LogP contribution in [0.2, 0.25) is 0 Å². The second-order valence-corrected chi connectivity index (χ2v) is 6.75. The molecule has 27 heavy (non-hydrogen) atoms. The van der Waals surface area contributed by atoms with Crippen LogP contribution in [-0.2, 0) is 17.9 Å². The third kappa shape index (κ3) is 5.23. The number of nitrogens with zero attached hydrogens (tertiary/aromatic N) is 2. The predicted octanol–water partition coefficient (Wildman–Crippen LogP) is 4.41. The van der Waals surface area contributed by atoms with Crippen molar-refractivity contribution in [1.82, 2.24) is 10.1 Å². The maximum absolute atomic E-state index is 12.3. The van der Waals surface area contributed by atoms with Gasteiger partial charge in [-0.3, -0.25) is 4.90 Å². The van der Waals surface area contributed by atoms with E-state index >= 15 is 0 Å². The van der Waals surface area contributed by atoms with Crippen molar-refractivity contribution >= 4 is 0 Å². The molecule has 1 aliphatic heterocycles. The van der Waals surface area contributed by atoms with Gasteiger partial charge in [-0.15, -0.1) is 0 Å². The van der Waals surface area contributed by atoms with E-state index in [9.17, 15) is 13.2 Å². The van der Waals surface area contributed by atoms with Crippen molar-refractivity contribution in [3.05, 3.63) is 46.8 Å². The molecule has 1 aromatic heterocycles. The van der Waals surface area contributed by atoms with Gasteiger partial charge in [0, 0.05) is 18.2 Å². The van der Waals surface area contributed by atoms with E-state index in [4.69, 9.17) is 14.0 Å². The molecule has 1 unspecified atom stereocenters. The van der Waals surface area contributed by atoms with Gasteiger partial charge in [-0.1, -0.05) is 11.2 Å². The number of halogens is 3. The molecule has 0 radical (unpaired) electrons. The van der Waals surface area contributed by atoms with Crippen LogP contribution in [0.5, 0.6) is 5.75 Å². The van der Waals surface area contributed by atoms with Crippen LogP contribution in [0.15, 0.2) is 28.8 Å². The van der Waals surface area contributed by atoms with Gasteiger partial charge in [-0.25, -0.2) is 0 Å². The van der Waals surface area contributed by atoms with Crippen LogP contribution in [0.25, 0.3) is 0 Å². The highest BCUT2D eigenvalue weighted by atomic mass is 19.4. The summed E-state index contributed by atoms with van der Waals surface area (Å²) in [4.78, 5) is 2.29. The Morgan fingerprint density at radius 1 is 1.30 bits per heavy atom. The van der Waals surface area contributed by atoms with E-state index in [0.717, 1.165) is 36.4 Å². The van der Waals surface area contributed by atoms with Crippen LogP contribution in [0, 0.1) is 6.92 Å². The van der Waals surface area contributed by atoms with E-state index < -0.39 is 12.8 Å². The summed E-state index contributed by atoms with van der Waals surface area (Å²) >= 11 is 0. The van der Waals surface area contributed by atoms with Crippen LogP contribution >= 0.6 is 0 Å². The Kier molecular flexibility index (Phi) is 6.06. The number of rotatable bonds is 7. The van der Waals surface area contributed by atoms with Crippen molar-refractivity contribution in [2.24, 2.45) is 0 Å². The molecule has 0 N–H and O–H groups in total. The van der Waals surface area contributed by atoms with Crippen LogP contribution in [0.4, 0.5) is 13.2 Å². The summed E-state index contributed by atoms with van der Waals surface area (Å²) in [7, 11) is 1.49. The monoisotopic (exact) mass is 384 g/mol. The zero-order valence-corrected chi connectivity index (χ0v) is 15.4. The summed E-state index contributed by atoms with van der Waals surface area (Å²) < 4.78 is 52.4. The van der Waals surface area contributed by atoms with Gasteiger partial charge in [0.15, 0.2) is 5.76 Å². The Morgan fingerprint density at radius 3 is 2.78 bits per heavy atom. The SMILES string of the molecule is COc1ccc(CN2CCCC2c2cc(C)no2)cc1COCC(F)(F)F. The lowest BCUT2D eigenvalue weighted by Crippen LogP contribution is -2.22. The van der Waals surface area contributed by atoms with Crippen molar-refractivity contribution in [3.8, 4) is 5.75 Å². The third-order valence-corrected chi connectivity index (χ3v) is 4.59. The second kappa shape index (κ2) is 8.31. The van der Waals surface area contributed by atoms with E-state index in [1.54, 1.807) is 6.07 Å². The van der Waals surface area contributed by atoms with Gasteiger partial charge in [-0.05, 0) is 44.0 Å². The summed E-state index contributed by atoms with van der Waals surface area (Å²) in [6.07, 6.45) is -2.29. The van der Waals surface area contributed by atoms with Gasteiger partial charge in [0.05, 0.1) is 25.5 Å². The fourth-order valence-electron chi connectivity index (χ4n) is 3.43. The van der Waals surface area contributed by atoms with Gasteiger partial charge in [0.1, 0.15) is 12.4 Å². The largest absolute Gasteiger partial charge is 0.496 e. The van der Waals surface area contributed by atoms with Gasteiger partial charge < -0.3 is 14.0 Å². The smallest absolute Gasteiger partial charge is 0.411 e. The van der Waals surface area contributed by atoms with Gasteiger partial charge in [0.25, 0.3) is 0 Å². The van der Waals surface area contributed by atoms with Crippen LogP contribution in [-0.4, -0.2) is 36.5 Å². The van der Waals surface area contributed by atoms with E-state index in [1.165, 1.54) is 7.11 Å². The second-order valence-electron chi connectivity index (χ2n) is 6.75. The number of aromatic nitrogens is 1. The van der Waals surface area contributed by atoms with Crippen LogP contribution in [0.3, 0.4) is 0 Å². The number of methoxy groups -OCH3 is 1. The Labute approximate surface area is 156 Å². The highest BCUT2D eigenvalue weighted by Crippen LogP contribution is 2.34. The number of ether oxygens (including phenoxy) is 2. The molecule has 8 heteroatoms. The molecule has 2 aromatic rings. The zero-order chi connectivity index (χ0) is 19.4. The molecule has 0 bridgehead atoms. The van der Waals surface area contributed by atoms with Crippen molar-refractivity contribution in [2.75, 3.05) is 20.3 Å². The highest BCUT2D eigenvalue weighted by molar-refractivity contribution is 5.37. The molecule has 0 spiro atoms. The third-order valence-electron chi connectivity index (χ3n) is 4.59. The summed E-state index contributed by atoms with van der Waals surface area (Å²) in [5, 5.41) is 3.97. The molecule has 1 fully saturated rings. The van der Waals surface area contributed by atoms with Crippen molar-refractivity contribution < 1.29 is 27.2 Å². The molecular formula is C19H23F3N2O3. The summed E-state index contributed by atoms with van der Waals surface area (Å²) in [5.74, 6) is 1.37. The molecule has 1 aromatic carbocycles. The number of hydrogen-bond donors (Lipinski definition) is 0. The lowest BCUT2D eigenvalue weighted by atomic mass is 10.1. The molecule has 0 amide bonds. The fourth-order valence-corrected chi connectivity index (χ4v) is 3.43. The molecule has 5 nitrogen and oxygen atoms in total. The minimum Gasteiger partial charge on any atom is -0.496 e. The van der Waals surface area contributed by atoms with Crippen LogP contribution in [0.1, 0.15) is 41.5 Å². The molecule has 1 atom stereocenters. The minimum atomic E-state index is -4.34. The Hall–Kier alpha value is -2.06. The van der Waals surface area contributed by atoms with Crippen molar-refractivity contribution in [1.29, 1.82) is 0 Å². The van der Waals surface area contributed by atoms with Crippen molar-refractivity contribution in [2.45, 2.75) is 45.1 Å².